The van der Waals surface area contributed by atoms with Gasteiger partial charge in [0.2, 0.25) is 0 Å². The number of benzene rings is 1. The zero-order valence-electron chi connectivity index (χ0n) is 11.5. The van der Waals surface area contributed by atoms with Crippen LogP contribution in [0.5, 0.6) is 5.75 Å². The third-order valence-corrected chi connectivity index (χ3v) is 4.40. The highest BCUT2D eigenvalue weighted by atomic mass is 32.2. The number of pyridine rings is 1. The highest BCUT2D eigenvalue weighted by Gasteiger charge is 2.19. The first-order chi connectivity index (χ1) is 9.54. The third kappa shape index (κ3) is 3.17. The smallest absolute Gasteiger partial charge is 0.340 e. The van der Waals surface area contributed by atoms with Crippen molar-refractivity contribution in [2.45, 2.75) is 31.1 Å². The molecular formula is C15H17NO3S. The van der Waals surface area contributed by atoms with Crippen LogP contribution in [-0.2, 0) is 10.1 Å². The van der Waals surface area contributed by atoms with E-state index in [1.165, 1.54) is 18.5 Å². The summed E-state index contributed by atoms with van der Waals surface area (Å²) in [5, 5.41) is 0. The molecule has 0 aliphatic heterocycles. The first-order valence-corrected chi connectivity index (χ1v) is 7.89. The van der Waals surface area contributed by atoms with Crippen LogP contribution in [0.3, 0.4) is 0 Å². The molecule has 4 nitrogen and oxygen atoms in total. The van der Waals surface area contributed by atoms with Crippen molar-refractivity contribution in [1.82, 2.24) is 4.98 Å². The Labute approximate surface area is 119 Å². The number of nitrogens with zero attached hydrogens (tertiary/aromatic N) is 1. The number of para-hydroxylation sites is 1. The fourth-order valence-corrected chi connectivity index (χ4v) is 2.76. The van der Waals surface area contributed by atoms with Crippen molar-refractivity contribution in [3.05, 3.63) is 54.4 Å². The van der Waals surface area contributed by atoms with Gasteiger partial charge in [-0.15, -0.1) is 0 Å². The quantitative estimate of drug-likeness (QED) is 0.793. The van der Waals surface area contributed by atoms with Crippen LogP contribution in [0.4, 0.5) is 0 Å². The van der Waals surface area contributed by atoms with E-state index in [1.54, 1.807) is 18.2 Å². The molecule has 0 amide bonds. The van der Waals surface area contributed by atoms with Crippen molar-refractivity contribution in [2.24, 2.45) is 0 Å². The summed E-state index contributed by atoms with van der Waals surface area (Å²) in [5.74, 6) is 0.612. The van der Waals surface area contributed by atoms with E-state index >= 15 is 0 Å². The summed E-state index contributed by atoms with van der Waals surface area (Å²) < 4.78 is 29.7. The van der Waals surface area contributed by atoms with Crippen molar-refractivity contribution >= 4 is 10.1 Å². The molecule has 0 spiro atoms. The van der Waals surface area contributed by atoms with E-state index in [0.29, 0.717) is 5.75 Å². The fraction of sp³-hybridized carbons (Fsp3) is 0.267. The molecule has 0 fully saturated rings. The van der Waals surface area contributed by atoms with Gasteiger partial charge in [-0.3, -0.25) is 4.98 Å². The minimum atomic E-state index is -3.84. The molecule has 1 aromatic heterocycles. The Kier molecular flexibility index (Phi) is 4.39. The topological polar surface area (TPSA) is 56.3 Å². The normalized spacial score (nSPS) is 12.9. The molecule has 1 heterocycles. The van der Waals surface area contributed by atoms with Gasteiger partial charge in [-0.25, -0.2) is 0 Å². The SMILES string of the molecule is CC[C@H](C)c1ccccc1OS(=O)(=O)c1cccnc1. The minimum Gasteiger partial charge on any atom is -0.379 e. The van der Waals surface area contributed by atoms with Gasteiger partial charge < -0.3 is 4.18 Å². The van der Waals surface area contributed by atoms with E-state index in [2.05, 4.69) is 11.9 Å². The summed E-state index contributed by atoms with van der Waals surface area (Å²) in [4.78, 5) is 3.86. The van der Waals surface area contributed by atoms with Crippen LogP contribution < -0.4 is 4.18 Å². The predicted molar refractivity (Wildman–Crippen MR) is 77.2 cm³/mol. The first-order valence-electron chi connectivity index (χ1n) is 6.48. The molecule has 20 heavy (non-hydrogen) atoms. The van der Waals surface area contributed by atoms with Crippen LogP contribution in [0.2, 0.25) is 0 Å². The summed E-state index contributed by atoms with van der Waals surface area (Å²) in [6.45, 7) is 4.09. The Morgan fingerprint density at radius 2 is 1.95 bits per heavy atom. The highest BCUT2D eigenvalue weighted by molar-refractivity contribution is 7.87. The Morgan fingerprint density at radius 3 is 2.60 bits per heavy atom. The molecule has 0 saturated carbocycles. The second kappa shape index (κ2) is 6.05. The van der Waals surface area contributed by atoms with Gasteiger partial charge in [0.1, 0.15) is 10.6 Å². The van der Waals surface area contributed by atoms with Crippen LogP contribution in [0.1, 0.15) is 31.7 Å². The van der Waals surface area contributed by atoms with Gasteiger partial charge in [-0.05, 0) is 36.1 Å². The zero-order valence-corrected chi connectivity index (χ0v) is 12.3. The molecule has 0 aliphatic carbocycles. The lowest BCUT2D eigenvalue weighted by atomic mass is 9.98. The van der Waals surface area contributed by atoms with Gasteiger partial charge in [0.15, 0.2) is 0 Å². The van der Waals surface area contributed by atoms with E-state index in [0.717, 1.165) is 12.0 Å². The van der Waals surface area contributed by atoms with Gasteiger partial charge in [-0.2, -0.15) is 8.42 Å². The van der Waals surface area contributed by atoms with Gasteiger partial charge in [-0.1, -0.05) is 32.0 Å². The molecule has 0 unspecified atom stereocenters. The van der Waals surface area contributed by atoms with Crippen LogP contribution in [-0.4, -0.2) is 13.4 Å². The van der Waals surface area contributed by atoms with E-state index in [1.807, 2.05) is 19.1 Å². The van der Waals surface area contributed by atoms with Gasteiger partial charge >= 0.3 is 10.1 Å². The predicted octanol–water partition coefficient (Wildman–Crippen LogP) is 3.36. The molecule has 0 bridgehead atoms. The summed E-state index contributed by atoms with van der Waals surface area (Å²) >= 11 is 0. The molecule has 2 rings (SSSR count). The second-order valence-corrected chi connectivity index (χ2v) is 6.12. The Hall–Kier alpha value is -1.88. The Morgan fingerprint density at radius 1 is 1.20 bits per heavy atom. The lowest BCUT2D eigenvalue weighted by molar-refractivity contribution is 0.479. The van der Waals surface area contributed by atoms with Crippen LogP contribution >= 0.6 is 0 Å². The van der Waals surface area contributed by atoms with Crippen LogP contribution in [0.15, 0.2) is 53.7 Å². The highest BCUT2D eigenvalue weighted by Crippen LogP contribution is 2.30. The molecule has 5 heteroatoms. The monoisotopic (exact) mass is 291 g/mol. The van der Waals surface area contributed by atoms with Crippen LogP contribution in [0.25, 0.3) is 0 Å². The summed E-state index contributed by atoms with van der Waals surface area (Å²) in [7, 11) is -3.84. The van der Waals surface area contributed by atoms with E-state index in [-0.39, 0.29) is 10.8 Å². The number of rotatable bonds is 5. The maximum atomic E-state index is 12.2. The van der Waals surface area contributed by atoms with Gasteiger partial charge in [0, 0.05) is 12.4 Å². The minimum absolute atomic E-state index is 0.0546. The maximum Gasteiger partial charge on any atom is 0.340 e. The molecule has 0 aliphatic rings. The van der Waals surface area contributed by atoms with E-state index < -0.39 is 10.1 Å². The summed E-state index contributed by atoms with van der Waals surface area (Å²) in [5.41, 5.74) is 0.891. The maximum absolute atomic E-state index is 12.2. The van der Waals surface area contributed by atoms with E-state index in [9.17, 15) is 8.42 Å². The Bertz CT molecular complexity index is 669. The largest absolute Gasteiger partial charge is 0.379 e. The Balaban J connectivity index is 2.36. The molecule has 2 aromatic rings. The molecule has 106 valence electrons. The van der Waals surface area contributed by atoms with Gasteiger partial charge in [0.05, 0.1) is 0 Å². The lowest BCUT2D eigenvalue weighted by Crippen LogP contribution is -2.11. The van der Waals surface area contributed by atoms with Crippen molar-refractivity contribution in [2.75, 3.05) is 0 Å². The van der Waals surface area contributed by atoms with Gasteiger partial charge in [0.25, 0.3) is 0 Å². The zero-order chi connectivity index (χ0) is 14.6. The van der Waals surface area contributed by atoms with Crippen molar-refractivity contribution < 1.29 is 12.6 Å². The van der Waals surface area contributed by atoms with E-state index in [4.69, 9.17) is 4.18 Å². The first kappa shape index (κ1) is 14.5. The average molecular weight is 291 g/mol. The molecule has 1 aromatic carbocycles. The second-order valence-electron chi connectivity index (χ2n) is 4.57. The number of aromatic nitrogens is 1. The number of hydrogen-bond acceptors (Lipinski definition) is 4. The molecule has 0 saturated heterocycles. The van der Waals surface area contributed by atoms with Crippen molar-refractivity contribution in [3.8, 4) is 5.75 Å². The molecular weight excluding hydrogens is 274 g/mol. The summed E-state index contributed by atoms with van der Waals surface area (Å²) in [6.07, 6.45) is 3.71. The molecule has 0 radical (unpaired) electrons. The van der Waals surface area contributed by atoms with Crippen molar-refractivity contribution in [1.29, 1.82) is 0 Å². The molecule has 0 N–H and O–H groups in total. The summed E-state index contributed by atoms with van der Waals surface area (Å²) in [6, 6.07) is 10.2. The number of hydrogen-bond donors (Lipinski definition) is 0. The van der Waals surface area contributed by atoms with Crippen molar-refractivity contribution in [3.63, 3.8) is 0 Å². The lowest BCUT2D eigenvalue weighted by Gasteiger charge is -2.15. The molecule has 1 atom stereocenters. The third-order valence-electron chi connectivity index (χ3n) is 3.18. The fourth-order valence-electron chi connectivity index (χ4n) is 1.84. The van der Waals surface area contributed by atoms with Crippen LogP contribution in [0, 0.1) is 0 Å². The average Bonchev–Trinajstić information content (AvgIpc) is 2.47. The standard InChI is InChI=1S/C15H17NO3S/c1-3-12(2)14-8-4-5-9-15(14)19-20(17,18)13-7-6-10-16-11-13/h4-12H,3H2,1-2H3/t12-/m0/s1.